The fourth-order valence-electron chi connectivity index (χ4n) is 5.93. The van der Waals surface area contributed by atoms with Crippen molar-refractivity contribution in [2.45, 2.75) is 38.2 Å². The van der Waals surface area contributed by atoms with Crippen LogP contribution in [0.15, 0.2) is 12.1 Å². The van der Waals surface area contributed by atoms with Crippen LogP contribution >= 0.6 is 11.6 Å². The monoisotopic (exact) mass is 458 g/mol. The lowest BCUT2D eigenvalue weighted by Gasteiger charge is -2.58. The zero-order valence-electron chi connectivity index (χ0n) is 16.8. The van der Waals surface area contributed by atoms with Crippen LogP contribution in [0.1, 0.15) is 42.5 Å². The minimum absolute atomic E-state index is 0.0599. The van der Waals surface area contributed by atoms with Crippen LogP contribution in [0.3, 0.4) is 0 Å². The SMILES string of the molecule is COC(=O)C12CC3CC(C1)C(Oc1cc(F)c(C(=O)CS(C)(=O)=O)cc1Cl)C(C3)C2. The third-order valence-electron chi connectivity index (χ3n) is 6.78. The molecule has 5 rings (SSSR count). The summed E-state index contributed by atoms with van der Waals surface area (Å²) in [5.41, 5.74) is -0.810. The summed E-state index contributed by atoms with van der Waals surface area (Å²) in [6.45, 7) is 0. The van der Waals surface area contributed by atoms with Crippen molar-refractivity contribution in [2.75, 3.05) is 19.1 Å². The van der Waals surface area contributed by atoms with E-state index in [4.69, 9.17) is 21.1 Å². The molecule has 4 fully saturated rings. The Morgan fingerprint density at radius 2 is 1.83 bits per heavy atom. The maximum atomic E-state index is 14.6. The van der Waals surface area contributed by atoms with Crippen LogP contribution in [0.25, 0.3) is 0 Å². The molecule has 0 heterocycles. The van der Waals surface area contributed by atoms with E-state index in [1.54, 1.807) is 0 Å². The van der Waals surface area contributed by atoms with Gasteiger partial charge in [0.15, 0.2) is 15.6 Å². The van der Waals surface area contributed by atoms with Crippen LogP contribution in [0.2, 0.25) is 5.02 Å². The van der Waals surface area contributed by atoms with E-state index in [1.807, 2.05) is 0 Å². The Kier molecular flexibility index (Phi) is 5.37. The van der Waals surface area contributed by atoms with Crippen LogP contribution in [0.4, 0.5) is 4.39 Å². The van der Waals surface area contributed by atoms with Gasteiger partial charge < -0.3 is 9.47 Å². The predicted molar refractivity (Wildman–Crippen MR) is 108 cm³/mol. The molecule has 0 amide bonds. The van der Waals surface area contributed by atoms with Crippen molar-refractivity contribution >= 4 is 33.2 Å². The van der Waals surface area contributed by atoms with E-state index in [-0.39, 0.29) is 40.2 Å². The van der Waals surface area contributed by atoms with Gasteiger partial charge in [0, 0.05) is 12.3 Å². The van der Waals surface area contributed by atoms with E-state index < -0.39 is 32.6 Å². The largest absolute Gasteiger partial charge is 0.488 e. The van der Waals surface area contributed by atoms with Crippen LogP contribution < -0.4 is 4.74 Å². The number of esters is 1. The minimum Gasteiger partial charge on any atom is -0.488 e. The van der Waals surface area contributed by atoms with Gasteiger partial charge in [0.05, 0.1) is 23.1 Å². The number of methoxy groups -OCH3 is 1. The Morgan fingerprint density at radius 1 is 1.20 bits per heavy atom. The molecule has 6 nitrogen and oxygen atoms in total. The Balaban J connectivity index is 1.55. The molecule has 4 bridgehead atoms. The summed E-state index contributed by atoms with van der Waals surface area (Å²) in [4.78, 5) is 24.5. The Hall–Kier alpha value is -1.67. The molecule has 0 saturated heterocycles. The average Bonchev–Trinajstić information content (AvgIpc) is 2.64. The van der Waals surface area contributed by atoms with Crippen LogP contribution in [0.5, 0.6) is 5.75 Å². The second kappa shape index (κ2) is 7.48. The van der Waals surface area contributed by atoms with Crippen molar-refractivity contribution in [1.29, 1.82) is 0 Å². The van der Waals surface area contributed by atoms with Crippen molar-refractivity contribution in [2.24, 2.45) is 23.2 Å². The van der Waals surface area contributed by atoms with Gasteiger partial charge in [-0.25, -0.2) is 12.8 Å². The third kappa shape index (κ3) is 3.84. The number of ketones is 1. The van der Waals surface area contributed by atoms with Crippen LogP contribution in [-0.4, -0.2) is 45.4 Å². The number of benzene rings is 1. The van der Waals surface area contributed by atoms with E-state index in [1.165, 1.54) is 7.11 Å². The van der Waals surface area contributed by atoms with Gasteiger partial charge in [-0.3, -0.25) is 9.59 Å². The Morgan fingerprint density at radius 3 is 2.40 bits per heavy atom. The normalized spacial score (nSPS) is 32.1. The average molecular weight is 459 g/mol. The second-order valence-corrected chi connectivity index (χ2v) is 11.6. The van der Waals surface area contributed by atoms with Gasteiger partial charge >= 0.3 is 5.97 Å². The van der Waals surface area contributed by atoms with Crippen molar-refractivity contribution in [3.05, 3.63) is 28.5 Å². The molecule has 0 radical (unpaired) electrons. The Bertz CT molecular complexity index is 991. The summed E-state index contributed by atoms with van der Waals surface area (Å²) in [5.74, 6) is -1.75. The zero-order valence-corrected chi connectivity index (χ0v) is 18.4. The topological polar surface area (TPSA) is 86.7 Å². The summed E-state index contributed by atoms with van der Waals surface area (Å²) < 4.78 is 48.5. The summed E-state index contributed by atoms with van der Waals surface area (Å²) in [7, 11) is -2.17. The lowest BCUT2D eigenvalue weighted by molar-refractivity contribution is -0.179. The molecular formula is C21H24ClFO6S. The van der Waals surface area contributed by atoms with Gasteiger partial charge in [0.25, 0.3) is 0 Å². The van der Waals surface area contributed by atoms with Gasteiger partial charge in [-0.1, -0.05) is 11.6 Å². The fraction of sp³-hybridized carbons (Fsp3) is 0.619. The number of halogens is 2. The molecule has 4 saturated carbocycles. The summed E-state index contributed by atoms with van der Waals surface area (Å²) in [5, 5.41) is 0.0599. The number of sulfone groups is 1. The molecule has 2 unspecified atom stereocenters. The smallest absolute Gasteiger partial charge is 0.311 e. The molecular weight excluding hydrogens is 435 g/mol. The number of hydrogen-bond donors (Lipinski definition) is 0. The highest BCUT2D eigenvalue weighted by Crippen LogP contribution is 2.61. The van der Waals surface area contributed by atoms with Gasteiger partial charge in [0.1, 0.15) is 23.4 Å². The van der Waals surface area contributed by atoms with Gasteiger partial charge in [-0.05, 0) is 55.9 Å². The first-order chi connectivity index (χ1) is 14.0. The molecule has 0 aliphatic heterocycles. The molecule has 4 aliphatic carbocycles. The number of Topliss-reactive ketones (excluding diaryl/α,β-unsaturated/α-hetero) is 1. The van der Waals surface area contributed by atoms with Crippen molar-refractivity contribution in [3.8, 4) is 5.75 Å². The lowest BCUT2D eigenvalue weighted by atomic mass is 9.48. The standard InChI is InChI=1S/C21H24ClFO6S/c1-28-20(25)21-7-11-3-12(8-21)19(13(4-11)9-21)29-18-6-16(23)14(5-15(18)22)17(24)10-30(2,26)27/h5-6,11-13,19H,3-4,7-10H2,1-2H3. The summed E-state index contributed by atoms with van der Waals surface area (Å²) in [6, 6.07) is 2.19. The van der Waals surface area contributed by atoms with Crippen LogP contribution in [-0.2, 0) is 19.4 Å². The maximum absolute atomic E-state index is 14.6. The molecule has 1 aromatic carbocycles. The van der Waals surface area contributed by atoms with Crippen molar-refractivity contribution in [3.63, 3.8) is 0 Å². The highest BCUT2D eigenvalue weighted by Gasteiger charge is 2.60. The molecule has 1 aromatic rings. The predicted octanol–water partition coefficient (Wildman–Crippen LogP) is 3.45. The minimum atomic E-state index is -3.59. The number of carbonyl (C=O) groups excluding carboxylic acids is 2. The van der Waals surface area contributed by atoms with E-state index in [0.717, 1.165) is 37.7 Å². The molecule has 164 valence electrons. The molecule has 0 aromatic heterocycles. The zero-order chi connectivity index (χ0) is 21.8. The van der Waals surface area contributed by atoms with E-state index in [0.29, 0.717) is 18.8 Å². The molecule has 0 N–H and O–H groups in total. The molecule has 30 heavy (non-hydrogen) atoms. The Labute approximate surface area is 180 Å². The van der Waals surface area contributed by atoms with E-state index >= 15 is 0 Å². The maximum Gasteiger partial charge on any atom is 0.311 e. The molecule has 0 spiro atoms. The highest BCUT2D eigenvalue weighted by molar-refractivity contribution is 7.91. The van der Waals surface area contributed by atoms with Gasteiger partial charge in [-0.2, -0.15) is 0 Å². The second-order valence-electron chi connectivity index (χ2n) is 9.08. The van der Waals surface area contributed by atoms with Gasteiger partial charge in [0.2, 0.25) is 0 Å². The molecule has 4 aliphatic rings. The fourth-order valence-corrected chi connectivity index (χ4v) is 6.77. The van der Waals surface area contributed by atoms with Crippen LogP contribution in [0, 0.1) is 29.0 Å². The first-order valence-electron chi connectivity index (χ1n) is 9.96. The number of ether oxygens (including phenoxy) is 2. The first-order valence-corrected chi connectivity index (χ1v) is 12.4. The summed E-state index contributed by atoms with van der Waals surface area (Å²) in [6.07, 6.45) is 4.84. The molecule has 2 atom stereocenters. The van der Waals surface area contributed by atoms with E-state index in [2.05, 4.69) is 0 Å². The lowest BCUT2D eigenvalue weighted by Crippen LogP contribution is -2.58. The quantitative estimate of drug-likeness (QED) is 0.479. The van der Waals surface area contributed by atoms with Crippen molar-refractivity contribution in [1.82, 2.24) is 0 Å². The number of carbonyl (C=O) groups is 2. The number of rotatable bonds is 6. The van der Waals surface area contributed by atoms with Gasteiger partial charge in [-0.15, -0.1) is 0 Å². The number of hydrogen-bond acceptors (Lipinski definition) is 6. The first kappa shape index (κ1) is 21.6. The summed E-state index contributed by atoms with van der Waals surface area (Å²) >= 11 is 6.26. The van der Waals surface area contributed by atoms with E-state index in [9.17, 15) is 22.4 Å². The third-order valence-corrected chi connectivity index (χ3v) is 7.87. The molecule has 9 heteroatoms. The highest BCUT2D eigenvalue weighted by atomic mass is 35.5. The van der Waals surface area contributed by atoms with Crippen molar-refractivity contribution < 1.29 is 31.9 Å².